The maximum Gasteiger partial charge on any atom is 0.130 e. The molecule has 2 aromatic carbocycles. The van der Waals surface area contributed by atoms with Crippen molar-refractivity contribution in [2.75, 3.05) is 39.3 Å². The van der Waals surface area contributed by atoms with E-state index in [1.54, 1.807) is 0 Å². The molecule has 2 aliphatic rings. The third kappa shape index (κ3) is 4.09. The predicted octanol–water partition coefficient (Wildman–Crippen LogP) is 4.25. The minimum Gasteiger partial charge on any atom is -0.303 e. The molecule has 2 fully saturated rings. The normalized spacial score (nSPS) is 19.1. The molecule has 3 heteroatoms. The Labute approximate surface area is 163 Å². The van der Waals surface area contributed by atoms with Gasteiger partial charge in [0, 0.05) is 0 Å². The summed E-state index contributed by atoms with van der Waals surface area (Å²) >= 11 is 0. The minimum atomic E-state index is -0.383. The number of hydrogen-bond acceptors (Lipinski definition) is 3. The Morgan fingerprint density at radius 2 is 1.33 bits per heavy atom. The van der Waals surface area contributed by atoms with Crippen LogP contribution in [0.4, 0.5) is 0 Å². The zero-order valence-electron chi connectivity index (χ0n) is 16.4. The first-order valence-electron chi connectivity index (χ1n) is 10.7. The van der Waals surface area contributed by atoms with Gasteiger partial charge in [-0.3, -0.25) is 0 Å². The zero-order valence-corrected chi connectivity index (χ0v) is 16.4. The molecule has 3 nitrogen and oxygen atoms in total. The van der Waals surface area contributed by atoms with Gasteiger partial charge < -0.3 is 14.6 Å². The summed E-state index contributed by atoms with van der Waals surface area (Å²) in [6.07, 6.45) is 8.34. The summed E-state index contributed by atoms with van der Waals surface area (Å²) in [6, 6.07) is 15.0. The summed E-state index contributed by atoms with van der Waals surface area (Å²) in [5.41, 5.74) is 0.848. The molecule has 2 aromatic rings. The lowest BCUT2D eigenvalue weighted by atomic mass is 9.74. The molecule has 0 aromatic heterocycles. The molecule has 2 heterocycles. The molecule has 0 amide bonds. The average Bonchev–Trinajstić information content (AvgIpc) is 3.42. The van der Waals surface area contributed by atoms with E-state index in [4.69, 9.17) is 0 Å². The van der Waals surface area contributed by atoms with Gasteiger partial charge in [0.05, 0.1) is 5.41 Å². The van der Waals surface area contributed by atoms with Gasteiger partial charge >= 0.3 is 0 Å². The van der Waals surface area contributed by atoms with E-state index in [9.17, 15) is 4.79 Å². The van der Waals surface area contributed by atoms with Crippen molar-refractivity contribution in [3.63, 3.8) is 0 Å². The van der Waals surface area contributed by atoms with Gasteiger partial charge in [0.25, 0.3) is 0 Å². The Balaban J connectivity index is 1.64. The van der Waals surface area contributed by atoms with Crippen molar-refractivity contribution in [3.8, 4) is 0 Å². The van der Waals surface area contributed by atoms with Crippen molar-refractivity contribution < 1.29 is 4.79 Å². The van der Waals surface area contributed by atoms with Crippen LogP contribution >= 0.6 is 0 Å². The third-order valence-corrected chi connectivity index (χ3v) is 6.70. The fraction of sp³-hybridized carbons (Fsp3) is 0.542. The van der Waals surface area contributed by atoms with Crippen molar-refractivity contribution in [2.45, 2.75) is 43.9 Å². The first kappa shape index (κ1) is 18.6. The number of benzene rings is 2. The molecule has 0 saturated carbocycles. The van der Waals surface area contributed by atoms with Crippen LogP contribution in [-0.2, 0) is 10.2 Å². The number of hydrogen-bond donors (Lipinski definition) is 0. The number of likely N-dealkylation sites (tertiary alicyclic amines) is 2. The molecular formula is C24H32N2O. The van der Waals surface area contributed by atoms with Crippen LogP contribution in [0.5, 0.6) is 0 Å². The number of carbonyl (C=O) groups excluding carboxylic acids is 1. The molecule has 0 spiro atoms. The van der Waals surface area contributed by atoms with Gasteiger partial charge in [0.15, 0.2) is 0 Å². The monoisotopic (exact) mass is 364 g/mol. The predicted molar refractivity (Wildman–Crippen MR) is 112 cm³/mol. The van der Waals surface area contributed by atoms with Crippen LogP contribution in [0.1, 0.15) is 44.1 Å². The van der Waals surface area contributed by atoms with Crippen molar-refractivity contribution in [2.24, 2.45) is 0 Å². The molecule has 4 rings (SSSR count). The van der Waals surface area contributed by atoms with E-state index in [0.29, 0.717) is 0 Å². The molecule has 0 atom stereocenters. The van der Waals surface area contributed by atoms with Gasteiger partial charge in [-0.25, -0.2) is 0 Å². The zero-order chi connectivity index (χ0) is 18.5. The first-order chi connectivity index (χ1) is 13.3. The van der Waals surface area contributed by atoms with E-state index >= 15 is 0 Å². The highest BCUT2D eigenvalue weighted by atomic mass is 16.1. The lowest BCUT2D eigenvalue weighted by Crippen LogP contribution is -2.37. The van der Waals surface area contributed by atoms with Crippen molar-refractivity contribution in [1.29, 1.82) is 0 Å². The Morgan fingerprint density at radius 3 is 1.93 bits per heavy atom. The van der Waals surface area contributed by atoms with Gasteiger partial charge in [-0.15, -0.1) is 0 Å². The Morgan fingerprint density at radius 1 is 0.778 bits per heavy atom. The third-order valence-electron chi connectivity index (χ3n) is 6.70. The van der Waals surface area contributed by atoms with Crippen LogP contribution in [0.25, 0.3) is 10.8 Å². The number of rotatable bonds is 8. The lowest BCUT2D eigenvalue weighted by Gasteiger charge is -2.33. The molecule has 2 saturated heterocycles. The second-order valence-electron chi connectivity index (χ2n) is 8.40. The van der Waals surface area contributed by atoms with Crippen LogP contribution < -0.4 is 0 Å². The highest BCUT2D eigenvalue weighted by Crippen LogP contribution is 2.36. The standard InChI is InChI=1S/C24H32N2O/c27-20-24(12-18-25-14-3-4-15-25,13-19-26-16-5-6-17-26)23-11-7-9-21-8-1-2-10-22(21)23/h1-2,7-11,20H,3-6,12-19H2. The van der Waals surface area contributed by atoms with Crippen molar-refractivity contribution >= 4 is 17.1 Å². The second kappa shape index (κ2) is 8.53. The SMILES string of the molecule is O=CC(CCN1CCCC1)(CCN1CCCC1)c1cccc2ccccc12. The maximum absolute atomic E-state index is 12.6. The summed E-state index contributed by atoms with van der Waals surface area (Å²) in [5.74, 6) is 0. The van der Waals surface area contributed by atoms with Crippen LogP contribution in [0.15, 0.2) is 42.5 Å². The average molecular weight is 365 g/mol. The number of nitrogens with zero attached hydrogens (tertiary/aromatic N) is 2. The van der Waals surface area contributed by atoms with Crippen molar-refractivity contribution in [3.05, 3.63) is 48.0 Å². The van der Waals surface area contributed by atoms with E-state index in [1.807, 2.05) is 0 Å². The van der Waals surface area contributed by atoms with Gasteiger partial charge in [-0.05, 0) is 94.1 Å². The van der Waals surface area contributed by atoms with Gasteiger partial charge in [0.1, 0.15) is 6.29 Å². The Hall–Kier alpha value is -1.71. The molecule has 0 unspecified atom stereocenters. The molecule has 0 aliphatic carbocycles. The van der Waals surface area contributed by atoms with Gasteiger partial charge in [0.2, 0.25) is 0 Å². The van der Waals surface area contributed by atoms with Crippen LogP contribution in [-0.4, -0.2) is 55.4 Å². The molecule has 144 valence electrons. The number of fused-ring (bicyclic) bond motifs is 1. The Bertz CT molecular complexity index is 735. The lowest BCUT2D eigenvalue weighted by molar-refractivity contribution is -0.113. The molecular weight excluding hydrogens is 332 g/mol. The van der Waals surface area contributed by atoms with E-state index in [-0.39, 0.29) is 5.41 Å². The first-order valence-corrected chi connectivity index (χ1v) is 10.7. The van der Waals surface area contributed by atoms with E-state index in [2.05, 4.69) is 52.3 Å². The summed E-state index contributed by atoms with van der Waals surface area (Å²) in [4.78, 5) is 17.7. The van der Waals surface area contributed by atoms with Crippen LogP contribution in [0.2, 0.25) is 0 Å². The summed E-state index contributed by atoms with van der Waals surface area (Å²) in [7, 11) is 0. The Kier molecular flexibility index (Phi) is 5.89. The maximum atomic E-state index is 12.6. The minimum absolute atomic E-state index is 0.383. The fourth-order valence-electron chi connectivity index (χ4n) is 4.96. The second-order valence-corrected chi connectivity index (χ2v) is 8.40. The quantitative estimate of drug-likeness (QED) is 0.654. The summed E-state index contributed by atoms with van der Waals surface area (Å²) in [5, 5.41) is 2.48. The number of aldehydes is 1. The van der Waals surface area contributed by atoms with Crippen LogP contribution in [0.3, 0.4) is 0 Å². The van der Waals surface area contributed by atoms with Gasteiger partial charge in [-0.1, -0.05) is 42.5 Å². The summed E-state index contributed by atoms with van der Waals surface area (Å²) in [6.45, 7) is 6.82. The fourth-order valence-corrected chi connectivity index (χ4v) is 4.96. The molecule has 0 N–H and O–H groups in total. The molecule has 27 heavy (non-hydrogen) atoms. The highest BCUT2D eigenvalue weighted by molar-refractivity contribution is 5.90. The highest BCUT2D eigenvalue weighted by Gasteiger charge is 2.34. The van der Waals surface area contributed by atoms with E-state index in [1.165, 1.54) is 74.5 Å². The van der Waals surface area contributed by atoms with Crippen LogP contribution in [0, 0.1) is 0 Å². The topological polar surface area (TPSA) is 23.6 Å². The smallest absolute Gasteiger partial charge is 0.130 e. The van der Waals surface area contributed by atoms with Gasteiger partial charge in [-0.2, -0.15) is 0 Å². The van der Waals surface area contributed by atoms with Crippen molar-refractivity contribution in [1.82, 2.24) is 9.80 Å². The largest absolute Gasteiger partial charge is 0.303 e. The van der Waals surface area contributed by atoms with E-state index in [0.717, 1.165) is 25.9 Å². The number of carbonyl (C=O) groups is 1. The van der Waals surface area contributed by atoms with E-state index < -0.39 is 0 Å². The summed E-state index contributed by atoms with van der Waals surface area (Å²) < 4.78 is 0. The molecule has 0 bridgehead atoms. The molecule has 0 radical (unpaired) electrons. The molecule has 2 aliphatic heterocycles.